The Bertz CT molecular complexity index is 1350. The van der Waals surface area contributed by atoms with Crippen LogP contribution in [-0.4, -0.2) is 65.4 Å². The Hall–Kier alpha value is -3.16. The Morgan fingerprint density at radius 2 is 1.73 bits per heavy atom. The quantitative estimate of drug-likeness (QED) is 0.425. The molecule has 7 nitrogen and oxygen atoms in total. The molecule has 41 heavy (non-hydrogen) atoms. The van der Waals surface area contributed by atoms with Crippen LogP contribution < -0.4 is 4.90 Å². The van der Waals surface area contributed by atoms with Gasteiger partial charge in [0.05, 0.1) is 5.92 Å². The maximum atomic E-state index is 13.7. The Morgan fingerprint density at radius 1 is 1.00 bits per heavy atom. The van der Waals surface area contributed by atoms with Crippen LogP contribution in [0.5, 0.6) is 0 Å². The van der Waals surface area contributed by atoms with Crippen LogP contribution >= 0.6 is 11.6 Å². The van der Waals surface area contributed by atoms with Crippen LogP contribution in [0.3, 0.4) is 0 Å². The number of likely N-dealkylation sites (tertiary alicyclic amines) is 1. The fraction of sp³-hybridized carbons (Fsp3) is 0.485. The molecule has 1 aliphatic carbocycles. The number of hydrogen-bond acceptors (Lipinski definition) is 4. The van der Waals surface area contributed by atoms with Crippen LogP contribution in [0.25, 0.3) is 0 Å². The first-order chi connectivity index (χ1) is 19.6. The number of halogens is 1. The van der Waals surface area contributed by atoms with E-state index in [-0.39, 0.29) is 17.7 Å². The highest BCUT2D eigenvalue weighted by molar-refractivity contribution is 6.31. The summed E-state index contributed by atoms with van der Waals surface area (Å²) in [7, 11) is 0. The van der Waals surface area contributed by atoms with E-state index in [0.29, 0.717) is 36.9 Å². The third-order valence-electron chi connectivity index (χ3n) is 9.07. The van der Waals surface area contributed by atoms with Crippen LogP contribution in [0.1, 0.15) is 59.2 Å². The minimum absolute atomic E-state index is 0.00229. The van der Waals surface area contributed by atoms with E-state index in [1.54, 1.807) is 0 Å². The van der Waals surface area contributed by atoms with Gasteiger partial charge in [0, 0.05) is 67.0 Å². The molecule has 3 atom stereocenters. The summed E-state index contributed by atoms with van der Waals surface area (Å²) in [4.78, 5) is 44.7. The summed E-state index contributed by atoms with van der Waals surface area (Å²) in [6, 6.07) is 11.7. The van der Waals surface area contributed by atoms with Gasteiger partial charge in [-0.1, -0.05) is 42.3 Å². The number of anilines is 1. The van der Waals surface area contributed by atoms with E-state index in [4.69, 9.17) is 11.6 Å². The maximum Gasteiger partial charge on any atom is 0.306 e. The molecule has 0 aromatic heterocycles. The number of carbonyl (C=O) groups is 3. The SMILES string of the molecule is Cc1ccc(N(CCCN2CC3=CN(C(=O)c4c(C)cccc4C)CC3C2)C(=O)[C@H]2CCC[C@@H](C(=O)O)C2)cc1Cl. The van der Waals surface area contributed by atoms with Crippen molar-refractivity contribution >= 4 is 35.1 Å². The highest BCUT2D eigenvalue weighted by atomic mass is 35.5. The molecule has 1 saturated carbocycles. The molecule has 1 unspecified atom stereocenters. The molecule has 2 aromatic rings. The van der Waals surface area contributed by atoms with E-state index in [0.717, 1.165) is 66.8 Å². The molecule has 2 heterocycles. The van der Waals surface area contributed by atoms with E-state index in [1.807, 2.05) is 73.2 Å². The third-order valence-corrected chi connectivity index (χ3v) is 9.47. The molecule has 3 aliphatic rings. The number of amides is 2. The molecule has 0 bridgehead atoms. The van der Waals surface area contributed by atoms with E-state index >= 15 is 0 Å². The number of aryl methyl sites for hydroxylation is 3. The fourth-order valence-corrected chi connectivity index (χ4v) is 6.90. The average molecular weight is 578 g/mol. The smallest absolute Gasteiger partial charge is 0.306 e. The van der Waals surface area contributed by atoms with Crippen LogP contribution in [0.4, 0.5) is 5.69 Å². The minimum Gasteiger partial charge on any atom is -0.481 e. The number of aliphatic carboxylic acids is 1. The second-order valence-electron chi connectivity index (χ2n) is 12.0. The van der Waals surface area contributed by atoms with Crippen molar-refractivity contribution < 1.29 is 19.5 Å². The second kappa shape index (κ2) is 12.4. The largest absolute Gasteiger partial charge is 0.481 e. The Kier molecular flexibility index (Phi) is 8.85. The molecule has 218 valence electrons. The van der Waals surface area contributed by atoms with Crippen LogP contribution in [0.2, 0.25) is 5.02 Å². The monoisotopic (exact) mass is 577 g/mol. The van der Waals surface area contributed by atoms with Crippen molar-refractivity contribution in [2.24, 2.45) is 17.8 Å². The lowest BCUT2D eigenvalue weighted by atomic mass is 9.80. The summed E-state index contributed by atoms with van der Waals surface area (Å²) < 4.78 is 0. The first kappa shape index (κ1) is 29.3. The zero-order valence-electron chi connectivity index (χ0n) is 24.2. The Morgan fingerprint density at radius 3 is 2.41 bits per heavy atom. The predicted octanol–water partition coefficient (Wildman–Crippen LogP) is 5.85. The molecule has 2 amide bonds. The van der Waals surface area contributed by atoms with Crippen molar-refractivity contribution in [3.05, 3.63) is 75.4 Å². The molecule has 5 rings (SSSR count). The van der Waals surface area contributed by atoms with Crippen molar-refractivity contribution in [3.63, 3.8) is 0 Å². The van der Waals surface area contributed by atoms with E-state index in [2.05, 4.69) is 4.90 Å². The molecule has 2 fully saturated rings. The van der Waals surface area contributed by atoms with Crippen molar-refractivity contribution in [3.8, 4) is 0 Å². The van der Waals surface area contributed by atoms with Crippen LogP contribution in [0, 0.1) is 38.5 Å². The van der Waals surface area contributed by atoms with Crippen LogP contribution in [-0.2, 0) is 9.59 Å². The van der Waals surface area contributed by atoms with Crippen molar-refractivity contribution in [1.29, 1.82) is 0 Å². The van der Waals surface area contributed by atoms with E-state index < -0.39 is 11.9 Å². The normalized spacial score (nSPS) is 22.4. The number of carboxylic acids is 1. The number of benzene rings is 2. The molecule has 8 heteroatoms. The van der Waals surface area contributed by atoms with Gasteiger partial charge in [0.15, 0.2) is 0 Å². The van der Waals surface area contributed by atoms with Crippen molar-refractivity contribution in [2.45, 2.75) is 52.9 Å². The number of carbonyl (C=O) groups excluding carboxylic acids is 2. The first-order valence-corrected chi connectivity index (χ1v) is 15.1. The van der Waals surface area contributed by atoms with Crippen LogP contribution in [0.15, 0.2) is 48.2 Å². The number of rotatable bonds is 8. The van der Waals surface area contributed by atoms with Gasteiger partial charge in [-0.3, -0.25) is 19.3 Å². The van der Waals surface area contributed by atoms with Gasteiger partial charge in [-0.15, -0.1) is 0 Å². The maximum absolute atomic E-state index is 13.7. The summed E-state index contributed by atoms with van der Waals surface area (Å²) in [5.41, 5.74) is 5.83. The van der Waals surface area contributed by atoms with Crippen molar-refractivity contribution in [2.75, 3.05) is 37.6 Å². The highest BCUT2D eigenvalue weighted by Gasteiger charge is 2.37. The van der Waals surface area contributed by atoms with Gasteiger partial charge < -0.3 is 14.9 Å². The summed E-state index contributed by atoms with van der Waals surface area (Å²) >= 11 is 6.44. The molecular formula is C33H40ClN3O4. The summed E-state index contributed by atoms with van der Waals surface area (Å²) in [5.74, 6) is -1.14. The predicted molar refractivity (Wildman–Crippen MR) is 161 cm³/mol. The standard InChI is InChI=1S/C33H40ClN3O4/c1-21-11-12-28(16-29(21)34)37(31(38)24-9-5-10-25(15-24)33(40)41)14-6-13-35-17-26-19-36(20-27(26)18-35)32(39)30-22(2)7-4-8-23(30)3/h4,7-8,11-12,16,19,24-25,27H,5-6,9-10,13-15,17-18,20H2,1-3H3,(H,40,41)/t24-,25+,27?/m0/s1. The van der Waals surface area contributed by atoms with E-state index in [9.17, 15) is 19.5 Å². The lowest BCUT2D eigenvalue weighted by Crippen LogP contribution is -2.40. The van der Waals surface area contributed by atoms with Gasteiger partial charge in [-0.2, -0.15) is 0 Å². The zero-order valence-corrected chi connectivity index (χ0v) is 25.0. The van der Waals surface area contributed by atoms with Crippen molar-refractivity contribution in [1.82, 2.24) is 9.80 Å². The number of nitrogens with zero attached hydrogens (tertiary/aromatic N) is 3. The van der Waals surface area contributed by atoms with Gasteiger partial charge in [-0.25, -0.2) is 0 Å². The topological polar surface area (TPSA) is 81.2 Å². The molecule has 2 aromatic carbocycles. The third kappa shape index (κ3) is 6.36. The lowest BCUT2D eigenvalue weighted by Gasteiger charge is -2.32. The first-order valence-electron chi connectivity index (χ1n) is 14.7. The minimum atomic E-state index is -0.810. The molecule has 2 aliphatic heterocycles. The Balaban J connectivity index is 1.22. The second-order valence-corrected chi connectivity index (χ2v) is 12.4. The summed E-state index contributed by atoms with van der Waals surface area (Å²) in [6.07, 6.45) is 5.34. The summed E-state index contributed by atoms with van der Waals surface area (Å²) in [6.45, 7) is 9.73. The van der Waals surface area contributed by atoms with Gasteiger partial charge in [0.1, 0.15) is 0 Å². The zero-order chi connectivity index (χ0) is 29.3. The molecule has 1 saturated heterocycles. The molecule has 1 N–H and O–H groups in total. The van der Waals surface area contributed by atoms with Gasteiger partial charge in [0.2, 0.25) is 5.91 Å². The number of fused-ring (bicyclic) bond motifs is 1. The lowest BCUT2D eigenvalue weighted by molar-refractivity contribution is -0.143. The average Bonchev–Trinajstić information content (AvgIpc) is 3.51. The molecular weight excluding hydrogens is 538 g/mol. The summed E-state index contributed by atoms with van der Waals surface area (Å²) in [5, 5.41) is 10.2. The number of hydrogen-bond donors (Lipinski definition) is 1. The highest BCUT2D eigenvalue weighted by Crippen LogP contribution is 2.34. The Labute approximate surface area is 247 Å². The van der Waals surface area contributed by atoms with Gasteiger partial charge >= 0.3 is 5.97 Å². The number of carboxylic acid groups (broad SMARTS) is 1. The molecule has 0 spiro atoms. The van der Waals surface area contributed by atoms with Gasteiger partial charge in [0.25, 0.3) is 5.91 Å². The van der Waals surface area contributed by atoms with Gasteiger partial charge in [-0.05, 0) is 80.9 Å². The molecule has 0 radical (unpaired) electrons. The van der Waals surface area contributed by atoms with E-state index in [1.165, 1.54) is 5.57 Å². The fourth-order valence-electron chi connectivity index (χ4n) is 6.73.